The van der Waals surface area contributed by atoms with E-state index in [2.05, 4.69) is 5.32 Å². The number of amides is 1. The van der Waals surface area contributed by atoms with Crippen molar-refractivity contribution in [2.24, 2.45) is 5.92 Å². The van der Waals surface area contributed by atoms with Crippen LogP contribution in [0.25, 0.3) is 0 Å². The summed E-state index contributed by atoms with van der Waals surface area (Å²) in [6, 6.07) is 8.99. The number of hydrogen-bond donors (Lipinski definition) is 1. The number of esters is 1. The molecule has 11 heteroatoms. The molecule has 0 spiro atoms. The number of carbonyl (C=O) groups is 2. The molecule has 3 rings (SSSR count). The van der Waals surface area contributed by atoms with E-state index in [0.29, 0.717) is 36.6 Å². The van der Waals surface area contributed by atoms with Crippen LogP contribution in [0.5, 0.6) is 17.2 Å². The van der Waals surface area contributed by atoms with Crippen LogP contribution >= 0.6 is 0 Å². The molecule has 2 aromatic rings. The van der Waals surface area contributed by atoms with Gasteiger partial charge in [0.05, 0.1) is 50.5 Å². The second-order valence-corrected chi connectivity index (χ2v) is 9.55. The molecule has 0 saturated carbocycles. The Kier molecular flexibility index (Phi) is 8.00. The number of sulfonamides is 1. The largest absolute Gasteiger partial charge is 0.497 e. The van der Waals surface area contributed by atoms with Gasteiger partial charge in [0.15, 0.2) is 11.5 Å². The number of piperidine rings is 1. The first-order chi connectivity index (χ1) is 16.2. The number of ether oxygens (including phenoxy) is 4. The Morgan fingerprint density at radius 2 is 1.62 bits per heavy atom. The molecule has 1 N–H and O–H groups in total. The van der Waals surface area contributed by atoms with Crippen LogP contribution < -0.4 is 19.5 Å². The molecule has 1 aliphatic rings. The van der Waals surface area contributed by atoms with Crippen LogP contribution in [0.3, 0.4) is 0 Å². The lowest BCUT2D eigenvalue weighted by Crippen LogP contribution is -2.43. The van der Waals surface area contributed by atoms with Crippen LogP contribution in [0.4, 0.5) is 5.69 Å². The Morgan fingerprint density at radius 1 is 0.971 bits per heavy atom. The molecule has 1 aliphatic heterocycles. The Labute approximate surface area is 198 Å². The second-order valence-electron chi connectivity index (χ2n) is 7.61. The maximum absolute atomic E-state index is 13.1. The molecule has 184 valence electrons. The van der Waals surface area contributed by atoms with Crippen molar-refractivity contribution in [3.05, 3.63) is 42.0 Å². The minimum Gasteiger partial charge on any atom is -0.497 e. The van der Waals surface area contributed by atoms with Gasteiger partial charge < -0.3 is 24.3 Å². The highest BCUT2D eigenvalue weighted by atomic mass is 32.2. The predicted molar refractivity (Wildman–Crippen MR) is 124 cm³/mol. The fourth-order valence-corrected chi connectivity index (χ4v) is 5.29. The number of benzene rings is 2. The summed E-state index contributed by atoms with van der Waals surface area (Å²) in [6.07, 6.45) is 1.02. The number of hydrogen-bond acceptors (Lipinski definition) is 8. The normalized spacial score (nSPS) is 16.4. The van der Waals surface area contributed by atoms with Crippen molar-refractivity contribution in [1.29, 1.82) is 0 Å². The fourth-order valence-electron chi connectivity index (χ4n) is 3.77. The Bertz CT molecular complexity index is 1150. The van der Waals surface area contributed by atoms with Gasteiger partial charge in [-0.3, -0.25) is 4.79 Å². The summed E-state index contributed by atoms with van der Waals surface area (Å²) < 4.78 is 47.9. The summed E-state index contributed by atoms with van der Waals surface area (Å²) in [6.45, 7) is 0.322. The second kappa shape index (κ2) is 10.7. The smallest absolute Gasteiger partial charge is 0.340 e. The van der Waals surface area contributed by atoms with E-state index in [1.165, 1.54) is 57.0 Å². The van der Waals surface area contributed by atoms with Crippen molar-refractivity contribution in [1.82, 2.24) is 4.31 Å². The third kappa shape index (κ3) is 5.26. The molecular formula is C23H28N2O8S. The molecule has 0 unspecified atom stereocenters. The number of nitrogens with zero attached hydrogens (tertiary/aromatic N) is 1. The van der Waals surface area contributed by atoms with Crippen LogP contribution in [0.15, 0.2) is 41.3 Å². The van der Waals surface area contributed by atoms with Crippen molar-refractivity contribution >= 4 is 27.6 Å². The molecule has 10 nitrogen and oxygen atoms in total. The van der Waals surface area contributed by atoms with Crippen LogP contribution in [-0.2, 0) is 19.6 Å². The summed E-state index contributed by atoms with van der Waals surface area (Å²) in [5.74, 6) is -0.518. The first kappa shape index (κ1) is 25.3. The quantitative estimate of drug-likeness (QED) is 0.558. The van der Waals surface area contributed by atoms with Gasteiger partial charge in [-0.25, -0.2) is 13.2 Å². The molecule has 2 aromatic carbocycles. The van der Waals surface area contributed by atoms with Gasteiger partial charge in [-0.05, 0) is 37.1 Å². The summed E-state index contributed by atoms with van der Waals surface area (Å²) in [5, 5.41) is 2.74. The minimum atomic E-state index is -3.78. The van der Waals surface area contributed by atoms with Crippen LogP contribution in [0, 0.1) is 5.92 Å². The Morgan fingerprint density at radius 3 is 2.21 bits per heavy atom. The lowest BCUT2D eigenvalue weighted by atomic mass is 9.98. The van der Waals surface area contributed by atoms with Crippen molar-refractivity contribution in [2.75, 3.05) is 46.8 Å². The van der Waals surface area contributed by atoms with Crippen molar-refractivity contribution in [3.8, 4) is 17.2 Å². The predicted octanol–water partition coefficient (Wildman–Crippen LogP) is 2.54. The zero-order chi connectivity index (χ0) is 24.9. The van der Waals surface area contributed by atoms with Crippen molar-refractivity contribution in [3.63, 3.8) is 0 Å². The van der Waals surface area contributed by atoms with E-state index in [0.717, 1.165) is 0 Å². The SMILES string of the molecule is COC(=O)c1cc(OC)c(OC)cc1NC(=O)[C@H]1CCCN(S(=O)(=O)c2ccc(OC)cc2)C1. The van der Waals surface area contributed by atoms with Gasteiger partial charge in [0, 0.05) is 25.2 Å². The van der Waals surface area contributed by atoms with Crippen LogP contribution in [0.1, 0.15) is 23.2 Å². The number of methoxy groups -OCH3 is 4. The highest BCUT2D eigenvalue weighted by Gasteiger charge is 2.34. The lowest BCUT2D eigenvalue weighted by Gasteiger charge is -2.31. The molecule has 34 heavy (non-hydrogen) atoms. The molecule has 1 heterocycles. The average molecular weight is 493 g/mol. The number of anilines is 1. The number of nitrogens with one attached hydrogen (secondary N) is 1. The van der Waals surface area contributed by atoms with Crippen LogP contribution in [-0.4, -0.2) is 66.1 Å². The molecule has 0 radical (unpaired) electrons. The lowest BCUT2D eigenvalue weighted by molar-refractivity contribution is -0.120. The minimum absolute atomic E-state index is 0.0149. The van der Waals surface area contributed by atoms with E-state index < -0.39 is 27.8 Å². The monoisotopic (exact) mass is 492 g/mol. The van der Waals surface area contributed by atoms with E-state index in [9.17, 15) is 18.0 Å². The molecule has 1 fully saturated rings. The first-order valence-electron chi connectivity index (χ1n) is 10.5. The van der Waals surface area contributed by atoms with Gasteiger partial charge in [0.1, 0.15) is 5.75 Å². The number of rotatable bonds is 8. The third-order valence-electron chi connectivity index (χ3n) is 5.64. The maximum atomic E-state index is 13.1. The maximum Gasteiger partial charge on any atom is 0.340 e. The van der Waals surface area contributed by atoms with Crippen molar-refractivity contribution < 1.29 is 37.0 Å². The third-order valence-corrected chi connectivity index (χ3v) is 7.52. The number of carbonyl (C=O) groups excluding carboxylic acids is 2. The zero-order valence-corrected chi connectivity index (χ0v) is 20.3. The van der Waals surface area contributed by atoms with E-state index in [1.54, 1.807) is 12.1 Å². The highest BCUT2D eigenvalue weighted by molar-refractivity contribution is 7.89. The van der Waals surface area contributed by atoms with Gasteiger partial charge in [-0.2, -0.15) is 4.31 Å². The van der Waals surface area contributed by atoms with E-state index in [1.807, 2.05) is 0 Å². The topological polar surface area (TPSA) is 120 Å². The van der Waals surface area contributed by atoms with Crippen LogP contribution in [0.2, 0.25) is 0 Å². The zero-order valence-electron chi connectivity index (χ0n) is 19.5. The first-order valence-corrected chi connectivity index (χ1v) is 12.0. The summed E-state index contributed by atoms with van der Waals surface area (Å²) in [5.41, 5.74) is 0.275. The van der Waals surface area contributed by atoms with Gasteiger partial charge in [-0.15, -0.1) is 0 Å². The molecule has 1 saturated heterocycles. The van der Waals surface area contributed by atoms with Gasteiger partial charge >= 0.3 is 5.97 Å². The van der Waals surface area contributed by atoms with E-state index >= 15 is 0 Å². The average Bonchev–Trinajstić information content (AvgIpc) is 2.87. The fraction of sp³-hybridized carbons (Fsp3) is 0.391. The standard InChI is InChI=1S/C23H28N2O8S/c1-30-16-7-9-17(10-8-16)34(28,29)25-11-5-6-15(14-25)22(26)24-19-13-21(32-3)20(31-2)12-18(19)23(27)33-4/h7-10,12-13,15H,5-6,11,14H2,1-4H3,(H,24,26)/t15-/m0/s1. The van der Waals surface area contributed by atoms with E-state index in [-0.39, 0.29) is 22.7 Å². The van der Waals surface area contributed by atoms with E-state index in [4.69, 9.17) is 18.9 Å². The van der Waals surface area contributed by atoms with Gasteiger partial charge in [0.25, 0.3) is 0 Å². The molecule has 0 aliphatic carbocycles. The Balaban J connectivity index is 1.82. The van der Waals surface area contributed by atoms with Gasteiger partial charge in [-0.1, -0.05) is 0 Å². The molecule has 0 bridgehead atoms. The Hall–Kier alpha value is -3.31. The highest BCUT2D eigenvalue weighted by Crippen LogP contribution is 2.34. The summed E-state index contributed by atoms with van der Waals surface area (Å²) in [7, 11) is 1.81. The molecule has 1 atom stereocenters. The molecule has 0 aromatic heterocycles. The summed E-state index contributed by atoms with van der Waals surface area (Å²) >= 11 is 0. The van der Waals surface area contributed by atoms with Gasteiger partial charge in [0.2, 0.25) is 15.9 Å². The summed E-state index contributed by atoms with van der Waals surface area (Å²) in [4.78, 5) is 25.5. The molecule has 1 amide bonds. The van der Waals surface area contributed by atoms with Crippen molar-refractivity contribution in [2.45, 2.75) is 17.7 Å². The molecular weight excluding hydrogens is 464 g/mol.